The third-order valence-corrected chi connectivity index (χ3v) is 3.31. The van der Waals surface area contributed by atoms with Crippen LogP contribution in [-0.4, -0.2) is 33.1 Å². The SMILES string of the molecule is Cc1nn(CC(=O)NCC(=O)NCc2ccco2)c(C)c1[N+](=O)[O-]. The van der Waals surface area contributed by atoms with Crippen LogP contribution in [0.1, 0.15) is 17.1 Å². The highest BCUT2D eigenvalue weighted by atomic mass is 16.6. The number of carbonyl (C=O) groups is 2. The zero-order chi connectivity index (χ0) is 17.7. The van der Waals surface area contributed by atoms with Crippen molar-refractivity contribution in [3.8, 4) is 0 Å². The maximum absolute atomic E-state index is 11.9. The van der Waals surface area contributed by atoms with Gasteiger partial charge in [-0.1, -0.05) is 0 Å². The van der Waals surface area contributed by atoms with Crippen molar-refractivity contribution in [3.05, 3.63) is 45.7 Å². The predicted molar refractivity (Wildman–Crippen MR) is 81.9 cm³/mol. The van der Waals surface area contributed by atoms with Gasteiger partial charge in [0, 0.05) is 0 Å². The summed E-state index contributed by atoms with van der Waals surface area (Å²) < 4.78 is 6.31. The van der Waals surface area contributed by atoms with E-state index in [1.807, 2.05) is 0 Å². The Morgan fingerprint density at radius 3 is 2.67 bits per heavy atom. The first kappa shape index (κ1) is 17.2. The molecule has 0 spiro atoms. The Balaban J connectivity index is 1.82. The Kier molecular flexibility index (Phi) is 5.30. The molecule has 2 rings (SSSR count). The van der Waals surface area contributed by atoms with Gasteiger partial charge in [-0.2, -0.15) is 5.10 Å². The van der Waals surface area contributed by atoms with Crippen molar-refractivity contribution in [3.63, 3.8) is 0 Å². The molecule has 2 aromatic heterocycles. The molecule has 0 saturated heterocycles. The lowest BCUT2D eigenvalue weighted by Gasteiger charge is -2.07. The lowest BCUT2D eigenvalue weighted by Crippen LogP contribution is -2.38. The molecule has 0 fully saturated rings. The fraction of sp³-hybridized carbons (Fsp3) is 0.357. The van der Waals surface area contributed by atoms with Gasteiger partial charge in [-0.05, 0) is 26.0 Å². The second kappa shape index (κ2) is 7.40. The lowest BCUT2D eigenvalue weighted by atomic mass is 10.3. The summed E-state index contributed by atoms with van der Waals surface area (Å²) in [5, 5.41) is 19.9. The number of hydrogen-bond acceptors (Lipinski definition) is 6. The molecule has 128 valence electrons. The number of amides is 2. The van der Waals surface area contributed by atoms with Gasteiger partial charge in [0.2, 0.25) is 11.8 Å². The van der Waals surface area contributed by atoms with E-state index < -0.39 is 10.8 Å². The minimum atomic E-state index is -0.534. The highest BCUT2D eigenvalue weighted by Crippen LogP contribution is 2.21. The van der Waals surface area contributed by atoms with Crippen molar-refractivity contribution in [1.29, 1.82) is 0 Å². The predicted octanol–water partition coefficient (Wildman–Crippen LogP) is 0.434. The first-order valence-corrected chi connectivity index (χ1v) is 7.12. The molecule has 10 heteroatoms. The largest absolute Gasteiger partial charge is 0.467 e. The summed E-state index contributed by atoms with van der Waals surface area (Å²) in [6.45, 7) is 2.83. The molecule has 0 atom stereocenters. The van der Waals surface area contributed by atoms with Crippen molar-refractivity contribution in [1.82, 2.24) is 20.4 Å². The fourth-order valence-electron chi connectivity index (χ4n) is 2.14. The fourth-order valence-corrected chi connectivity index (χ4v) is 2.14. The van der Waals surface area contributed by atoms with Crippen molar-refractivity contribution in [2.24, 2.45) is 0 Å². The molecule has 0 aliphatic rings. The molecule has 0 bridgehead atoms. The van der Waals surface area contributed by atoms with Gasteiger partial charge >= 0.3 is 5.69 Å². The van der Waals surface area contributed by atoms with Crippen LogP contribution in [0.3, 0.4) is 0 Å². The maximum atomic E-state index is 11.9. The smallest absolute Gasteiger partial charge is 0.312 e. The zero-order valence-electron chi connectivity index (χ0n) is 13.2. The van der Waals surface area contributed by atoms with E-state index in [1.54, 1.807) is 12.1 Å². The van der Waals surface area contributed by atoms with Gasteiger partial charge < -0.3 is 15.1 Å². The number of hydrogen-bond donors (Lipinski definition) is 2. The van der Waals surface area contributed by atoms with E-state index in [2.05, 4.69) is 15.7 Å². The Hall–Kier alpha value is -3.17. The van der Waals surface area contributed by atoms with Gasteiger partial charge in [0.05, 0.1) is 24.3 Å². The summed E-state index contributed by atoms with van der Waals surface area (Å²) in [5.74, 6) is -0.243. The molecule has 0 aromatic carbocycles. The van der Waals surface area contributed by atoms with Crippen LogP contribution in [0.15, 0.2) is 22.8 Å². The number of nitro groups is 1. The maximum Gasteiger partial charge on any atom is 0.312 e. The Morgan fingerprint density at radius 1 is 1.33 bits per heavy atom. The van der Waals surface area contributed by atoms with Crippen molar-refractivity contribution >= 4 is 17.5 Å². The first-order chi connectivity index (χ1) is 11.4. The van der Waals surface area contributed by atoms with Crippen molar-refractivity contribution in [2.75, 3.05) is 6.54 Å². The van der Waals surface area contributed by atoms with Gasteiger partial charge in [-0.3, -0.25) is 24.4 Å². The quantitative estimate of drug-likeness (QED) is 0.557. The summed E-state index contributed by atoms with van der Waals surface area (Å²) in [6.07, 6.45) is 1.50. The van der Waals surface area contributed by atoms with Crippen LogP contribution in [0.4, 0.5) is 5.69 Å². The molecule has 2 N–H and O–H groups in total. The molecule has 2 amide bonds. The average Bonchev–Trinajstić information content (AvgIpc) is 3.11. The van der Waals surface area contributed by atoms with E-state index >= 15 is 0 Å². The van der Waals surface area contributed by atoms with Crippen LogP contribution in [0, 0.1) is 24.0 Å². The van der Waals surface area contributed by atoms with E-state index in [4.69, 9.17) is 4.42 Å². The highest BCUT2D eigenvalue weighted by molar-refractivity contribution is 5.84. The molecule has 0 aliphatic heterocycles. The number of rotatable bonds is 7. The molecule has 0 saturated carbocycles. The van der Waals surface area contributed by atoms with E-state index in [1.165, 1.54) is 24.8 Å². The van der Waals surface area contributed by atoms with Gasteiger partial charge in [0.15, 0.2) is 0 Å². The van der Waals surface area contributed by atoms with Crippen LogP contribution in [0.5, 0.6) is 0 Å². The van der Waals surface area contributed by atoms with Crippen LogP contribution < -0.4 is 10.6 Å². The standard InChI is InChI=1S/C14H17N5O5/c1-9-14(19(22)23)10(2)18(17-9)8-13(21)16-7-12(20)15-6-11-4-3-5-24-11/h3-5H,6-8H2,1-2H3,(H,15,20)(H,16,21). The van der Waals surface area contributed by atoms with Crippen LogP contribution >= 0.6 is 0 Å². The second-order valence-electron chi connectivity index (χ2n) is 5.07. The summed E-state index contributed by atoms with van der Waals surface area (Å²) >= 11 is 0. The average molecular weight is 335 g/mol. The number of nitrogens with zero attached hydrogens (tertiary/aromatic N) is 3. The molecule has 24 heavy (non-hydrogen) atoms. The van der Waals surface area contributed by atoms with E-state index in [0.29, 0.717) is 5.76 Å². The van der Waals surface area contributed by atoms with E-state index in [-0.39, 0.29) is 42.6 Å². The van der Waals surface area contributed by atoms with Crippen LogP contribution in [0.2, 0.25) is 0 Å². The van der Waals surface area contributed by atoms with Crippen LogP contribution in [-0.2, 0) is 22.7 Å². The van der Waals surface area contributed by atoms with Crippen molar-refractivity contribution < 1.29 is 18.9 Å². The number of carbonyl (C=O) groups excluding carboxylic acids is 2. The van der Waals surface area contributed by atoms with Gasteiger partial charge in [0.1, 0.15) is 23.7 Å². The monoisotopic (exact) mass is 335 g/mol. The van der Waals surface area contributed by atoms with Gasteiger partial charge in [-0.25, -0.2) is 0 Å². The summed E-state index contributed by atoms with van der Waals surface area (Å²) in [7, 11) is 0. The van der Waals surface area contributed by atoms with Crippen molar-refractivity contribution in [2.45, 2.75) is 26.9 Å². The Labute approximate surface area is 137 Å². The highest BCUT2D eigenvalue weighted by Gasteiger charge is 2.22. The summed E-state index contributed by atoms with van der Waals surface area (Å²) in [5.41, 5.74) is 0.412. The molecule has 0 radical (unpaired) electrons. The number of aryl methyl sites for hydroxylation is 1. The molecule has 0 unspecified atom stereocenters. The third kappa shape index (κ3) is 4.18. The van der Waals surface area contributed by atoms with E-state index in [0.717, 1.165) is 0 Å². The first-order valence-electron chi connectivity index (χ1n) is 7.12. The number of aromatic nitrogens is 2. The number of furan rings is 1. The minimum absolute atomic E-state index is 0.112. The van der Waals surface area contributed by atoms with E-state index in [9.17, 15) is 19.7 Å². The normalized spacial score (nSPS) is 10.4. The summed E-state index contributed by atoms with van der Waals surface area (Å²) in [4.78, 5) is 33.9. The Morgan fingerprint density at radius 2 is 2.08 bits per heavy atom. The molecule has 2 aromatic rings. The second-order valence-corrected chi connectivity index (χ2v) is 5.07. The minimum Gasteiger partial charge on any atom is -0.467 e. The Bertz CT molecular complexity index is 750. The molecule has 0 aliphatic carbocycles. The number of nitrogens with one attached hydrogen (secondary N) is 2. The third-order valence-electron chi connectivity index (χ3n) is 3.31. The lowest BCUT2D eigenvalue weighted by molar-refractivity contribution is -0.386. The van der Waals surface area contributed by atoms with Crippen LogP contribution in [0.25, 0.3) is 0 Å². The molecule has 2 heterocycles. The molecular weight excluding hydrogens is 318 g/mol. The van der Waals surface area contributed by atoms with Gasteiger partial charge in [0.25, 0.3) is 0 Å². The van der Waals surface area contributed by atoms with Gasteiger partial charge in [-0.15, -0.1) is 0 Å². The topological polar surface area (TPSA) is 132 Å². The molecule has 10 nitrogen and oxygen atoms in total. The molecular formula is C14H17N5O5. The summed E-state index contributed by atoms with van der Waals surface area (Å²) in [6, 6.07) is 3.42. The zero-order valence-corrected chi connectivity index (χ0v) is 13.2.